The van der Waals surface area contributed by atoms with Gasteiger partial charge < -0.3 is 10.2 Å². The van der Waals surface area contributed by atoms with E-state index in [1.807, 2.05) is 6.92 Å². The van der Waals surface area contributed by atoms with E-state index < -0.39 is 5.60 Å². The van der Waals surface area contributed by atoms with Gasteiger partial charge in [0.1, 0.15) is 0 Å². The first-order valence-corrected chi connectivity index (χ1v) is 6.62. The quantitative estimate of drug-likeness (QED) is 0.722. The van der Waals surface area contributed by atoms with Crippen molar-refractivity contribution in [1.29, 1.82) is 0 Å². The molecule has 2 atom stereocenters. The van der Waals surface area contributed by atoms with Gasteiger partial charge in [-0.1, -0.05) is 30.2 Å². The van der Waals surface area contributed by atoms with Crippen molar-refractivity contribution in [1.82, 2.24) is 0 Å². The van der Waals surface area contributed by atoms with Crippen LogP contribution in [0, 0.1) is 5.92 Å². The minimum absolute atomic E-state index is 0.139. The monoisotopic (exact) mass is 238 g/mol. The third-order valence-electron chi connectivity index (χ3n) is 4.02. The number of aliphatic hydroxyl groups excluding tert-OH is 1. The van der Waals surface area contributed by atoms with Crippen molar-refractivity contribution in [2.24, 2.45) is 5.92 Å². The zero-order chi connectivity index (χ0) is 12.9. The smallest absolute Gasteiger partial charge is 0.0710 e. The maximum Gasteiger partial charge on any atom is 0.0710 e. The second kappa shape index (κ2) is 6.36. The van der Waals surface area contributed by atoms with Gasteiger partial charge in [-0.15, -0.1) is 0 Å². The van der Waals surface area contributed by atoms with Crippen LogP contribution in [0.4, 0.5) is 0 Å². The van der Waals surface area contributed by atoms with Crippen LogP contribution < -0.4 is 0 Å². The molecule has 0 heterocycles. The van der Waals surface area contributed by atoms with Gasteiger partial charge in [-0.25, -0.2) is 0 Å². The molecule has 0 radical (unpaired) electrons. The van der Waals surface area contributed by atoms with E-state index in [0.29, 0.717) is 5.92 Å². The highest BCUT2D eigenvalue weighted by molar-refractivity contribution is 5.09. The zero-order valence-electron chi connectivity index (χ0n) is 11.4. The lowest BCUT2D eigenvalue weighted by molar-refractivity contribution is -0.0234. The Morgan fingerprint density at radius 1 is 1.59 bits per heavy atom. The van der Waals surface area contributed by atoms with E-state index in [1.165, 1.54) is 5.57 Å². The minimum Gasteiger partial charge on any atom is -0.392 e. The summed E-state index contributed by atoms with van der Waals surface area (Å²) in [5, 5.41) is 19.5. The van der Waals surface area contributed by atoms with Gasteiger partial charge in [-0.3, -0.25) is 0 Å². The zero-order valence-corrected chi connectivity index (χ0v) is 11.4. The molecule has 0 aromatic rings. The average Bonchev–Trinajstić information content (AvgIpc) is 2.32. The largest absolute Gasteiger partial charge is 0.392 e. The molecule has 0 saturated carbocycles. The molecular weight excluding hydrogens is 212 g/mol. The molecule has 0 bridgehead atoms. The predicted molar refractivity (Wildman–Crippen MR) is 71.8 cm³/mol. The van der Waals surface area contributed by atoms with Gasteiger partial charge in [0.2, 0.25) is 0 Å². The van der Waals surface area contributed by atoms with E-state index >= 15 is 0 Å². The summed E-state index contributed by atoms with van der Waals surface area (Å²) in [4.78, 5) is 0. The van der Waals surface area contributed by atoms with E-state index in [-0.39, 0.29) is 6.61 Å². The maximum atomic E-state index is 10.6. The van der Waals surface area contributed by atoms with Crippen LogP contribution in [0.25, 0.3) is 0 Å². The summed E-state index contributed by atoms with van der Waals surface area (Å²) >= 11 is 0. The SMILES string of the molecule is CC1=CC[C@@](O)([C@H](C)CC/C=C(\C)CO)CC1. The van der Waals surface area contributed by atoms with Gasteiger partial charge in [0.25, 0.3) is 0 Å². The summed E-state index contributed by atoms with van der Waals surface area (Å²) in [5.41, 5.74) is 1.90. The first-order chi connectivity index (χ1) is 7.98. The summed E-state index contributed by atoms with van der Waals surface area (Å²) in [6.45, 7) is 6.35. The molecule has 0 aromatic carbocycles. The van der Waals surface area contributed by atoms with Crippen LogP contribution in [0.1, 0.15) is 52.9 Å². The third-order valence-corrected chi connectivity index (χ3v) is 4.02. The summed E-state index contributed by atoms with van der Waals surface area (Å²) < 4.78 is 0. The molecule has 1 aliphatic carbocycles. The summed E-state index contributed by atoms with van der Waals surface area (Å²) in [7, 11) is 0. The van der Waals surface area contributed by atoms with Crippen molar-refractivity contribution in [2.45, 2.75) is 58.5 Å². The fourth-order valence-corrected chi connectivity index (χ4v) is 2.33. The number of aliphatic hydroxyl groups is 2. The molecule has 98 valence electrons. The van der Waals surface area contributed by atoms with Crippen molar-refractivity contribution in [3.05, 3.63) is 23.3 Å². The molecule has 1 rings (SSSR count). The average molecular weight is 238 g/mol. The highest BCUT2D eigenvalue weighted by atomic mass is 16.3. The second-order valence-electron chi connectivity index (χ2n) is 5.55. The molecule has 0 spiro atoms. The van der Waals surface area contributed by atoms with E-state index in [9.17, 15) is 5.11 Å². The fraction of sp³-hybridized carbons (Fsp3) is 0.733. The predicted octanol–water partition coefficient (Wildman–Crippen LogP) is 3.20. The van der Waals surface area contributed by atoms with Crippen LogP contribution in [-0.2, 0) is 0 Å². The van der Waals surface area contributed by atoms with Crippen molar-refractivity contribution >= 4 is 0 Å². The Kier molecular flexibility index (Phi) is 5.41. The van der Waals surface area contributed by atoms with Crippen LogP contribution in [0.2, 0.25) is 0 Å². The molecule has 0 aromatic heterocycles. The molecular formula is C15H26O2. The first-order valence-electron chi connectivity index (χ1n) is 6.62. The number of allylic oxidation sites excluding steroid dienone is 2. The van der Waals surface area contributed by atoms with E-state index in [2.05, 4.69) is 26.0 Å². The standard InChI is InChI=1S/C15H26O2/c1-12-7-9-15(17,10-8-12)14(3)6-4-5-13(2)11-16/h5,7,14,16-17H,4,6,8-11H2,1-3H3/b13-5+/t14-,15+/m1/s1. The van der Waals surface area contributed by atoms with Gasteiger partial charge in [0, 0.05) is 0 Å². The topological polar surface area (TPSA) is 40.5 Å². The van der Waals surface area contributed by atoms with Crippen molar-refractivity contribution in [3.63, 3.8) is 0 Å². The highest BCUT2D eigenvalue weighted by Crippen LogP contribution is 2.35. The minimum atomic E-state index is -0.513. The normalized spacial score (nSPS) is 27.8. The maximum absolute atomic E-state index is 10.6. The molecule has 1 aliphatic rings. The number of hydrogen-bond acceptors (Lipinski definition) is 2. The molecule has 0 fully saturated rings. The Morgan fingerprint density at radius 2 is 2.29 bits per heavy atom. The van der Waals surface area contributed by atoms with Crippen molar-refractivity contribution < 1.29 is 10.2 Å². The van der Waals surface area contributed by atoms with Crippen LogP contribution in [0.3, 0.4) is 0 Å². The molecule has 0 saturated heterocycles. The van der Waals surface area contributed by atoms with E-state index in [4.69, 9.17) is 5.11 Å². The molecule has 2 nitrogen and oxygen atoms in total. The summed E-state index contributed by atoms with van der Waals surface area (Å²) in [6.07, 6.45) is 8.88. The molecule has 0 amide bonds. The first kappa shape index (κ1) is 14.5. The third kappa shape index (κ3) is 4.29. The van der Waals surface area contributed by atoms with Gasteiger partial charge in [0.05, 0.1) is 12.2 Å². The van der Waals surface area contributed by atoms with Gasteiger partial charge >= 0.3 is 0 Å². The molecule has 2 heteroatoms. The van der Waals surface area contributed by atoms with Gasteiger partial charge in [-0.05, 0) is 51.9 Å². The van der Waals surface area contributed by atoms with Gasteiger partial charge in [0.15, 0.2) is 0 Å². The Hall–Kier alpha value is -0.600. The Labute approximate surface area is 105 Å². The van der Waals surface area contributed by atoms with E-state index in [0.717, 1.165) is 37.7 Å². The lowest BCUT2D eigenvalue weighted by atomic mass is 9.75. The van der Waals surface area contributed by atoms with Crippen molar-refractivity contribution in [3.8, 4) is 0 Å². The van der Waals surface area contributed by atoms with Crippen LogP contribution in [-0.4, -0.2) is 22.4 Å². The van der Waals surface area contributed by atoms with E-state index in [1.54, 1.807) is 0 Å². The molecule has 0 aliphatic heterocycles. The lowest BCUT2D eigenvalue weighted by Crippen LogP contribution is -2.37. The van der Waals surface area contributed by atoms with Crippen LogP contribution in [0.15, 0.2) is 23.3 Å². The summed E-state index contributed by atoms with van der Waals surface area (Å²) in [6, 6.07) is 0. The fourth-order valence-electron chi connectivity index (χ4n) is 2.33. The number of rotatable bonds is 5. The Morgan fingerprint density at radius 3 is 2.82 bits per heavy atom. The molecule has 0 unspecified atom stereocenters. The second-order valence-corrected chi connectivity index (χ2v) is 5.55. The molecule has 2 N–H and O–H groups in total. The summed E-state index contributed by atoms with van der Waals surface area (Å²) in [5.74, 6) is 0.314. The Balaban J connectivity index is 2.44. The lowest BCUT2D eigenvalue weighted by Gasteiger charge is -2.36. The Bertz CT molecular complexity index is 304. The van der Waals surface area contributed by atoms with Crippen LogP contribution >= 0.6 is 0 Å². The highest BCUT2D eigenvalue weighted by Gasteiger charge is 2.33. The molecule has 17 heavy (non-hydrogen) atoms. The van der Waals surface area contributed by atoms with Gasteiger partial charge in [-0.2, -0.15) is 0 Å². The number of hydrogen-bond donors (Lipinski definition) is 2. The van der Waals surface area contributed by atoms with Crippen molar-refractivity contribution in [2.75, 3.05) is 6.61 Å². The van der Waals surface area contributed by atoms with Crippen LogP contribution in [0.5, 0.6) is 0 Å².